The van der Waals surface area contributed by atoms with Crippen LogP contribution in [0.15, 0.2) is 23.0 Å². The third-order valence-corrected chi connectivity index (χ3v) is 4.52. The fourth-order valence-corrected chi connectivity index (χ4v) is 3.21. The van der Waals surface area contributed by atoms with Crippen molar-refractivity contribution in [3.63, 3.8) is 0 Å². The number of piperazine rings is 1. The Balaban J connectivity index is 0.00000243. The van der Waals surface area contributed by atoms with E-state index in [0.29, 0.717) is 43.9 Å². The minimum absolute atomic E-state index is 0. The first kappa shape index (κ1) is 20.4. The molecule has 0 bridgehead atoms. The summed E-state index contributed by atoms with van der Waals surface area (Å²) in [5.41, 5.74) is 0.0560. The Labute approximate surface area is 171 Å². The summed E-state index contributed by atoms with van der Waals surface area (Å²) >= 11 is 0. The number of halogens is 1. The number of aryl methyl sites for hydroxylation is 1. The number of carbonyl (C=O) groups is 2. The number of hydrogen-bond acceptors (Lipinski definition) is 4. The van der Waals surface area contributed by atoms with E-state index in [1.807, 2.05) is 0 Å². The molecule has 1 aromatic carbocycles. The molecular formula is C17H19FN3NaO4. The Morgan fingerprint density at radius 1 is 1.23 bits per heavy atom. The first-order chi connectivity index (χ1) is 12.0. The molecule has 2 aromatic rings. The summed E-state index contributed by atoms with van der Waals surface area (Å²) in [5.74, 6) is -1.73. The molecular weight excluding hydrogens is 352 g/mol. The predicted molar refractivity (Wildman–Crippen MR) is 97.8 cm³/mol. The Bertz CT molecular complexity index is 907. The van der Waals surface area contributed by atoms with E-state index in [2.05, 4.69) is 0 Å². The molecule has 7 nitrogen and oxygen atoms in total. The predicted octanol–water partition coefficient (Wildman–Crippen LogP) is 0.489. The van der Waals surface area contributed by atoms with E-state index in [0.717, 1.165) is 18.5 Å². The van der Waals surface area contributed by atoms with E-state index in [1.165, 1.54) is 10.6 Å². The fraction of sp³-hybridized carbons (Fsp3) is 0.353. The van der Waals surface area contributed by atoms with Gasteiger partial charge in [0.05, 0.1) is 11.2 Å². The molecule has 1 amide bonds. The molecule has 1 aliphatic heterocycles. The number of aromatic carboxylic acids is 1. The van der Waals surface area contributed by atoms with Crippen molar-refractivity contribution < 1.29 is 19.1 Å². The fourth-order valence-electron chi connectivity index (χ4n) is 3.21. The van der Waals surface area contributed by atoms with Crippen LogP contribution in [0.5, 0.6) is 0 Å². The summed E-state index contributed by atoms with van der Waals surface area (Å²) in [7, 11) is 0. The third kappa shape index (κ3) is 3.62. The van der Waals surface area contributed by atoms with Crippen LogP contribution in [-0.4, -0.2) is 82.7 Å². The summed E-state index contributed by atoms with van der Waals surface area (Å²) in [4.78, 5) is 37.8. The number of nitrogens with zero attached hydrogens (tertiary/aromatic N) is 3. The number of hydrogen-bond donors (Lipinski definition) is 1. The summed E-state index contributed by atoms with van der Waals surface area (Å²) in [5, 5.41) is 9.48. The summed E-state index contributed by atoms with van der Waals surface area (Å²) in [6, 6.07) is 3.71. The molecule has 9 heteroatoms. The number of pyridine rings is 1. The molecule has 1 fully saturated rings. The molecule has 1 aromatic heterocycles. The molecule has 1 saturated heterocycles. The molecule has 0 aliphatic carbocycles. The van der Waals surface area contributed by atoms with Crippen molar-refractivity contribution in [3.8, 4) is 0 Å². The van der Waals surface area contributed by atoms with Gasteiger partial charge in [0.1, 0.15) is 11.5 Å². The molecule has 26 heavy (non-hydrogen) atoms. The van der Waals surface area contributed by atoms with Crippen LogP contribution in [0.1, 0.15) is 17.4 Å². The molecule has 1 N–H and O–H groups in total. The molecule has 0 atom stereocenters. The van der Waals surface area contributed by atoms with Crippen LogP contribution in [0.2, 0.25) is 0 Å². The normalized spacial score (nSPS) is 14.2. The van der Waals surface area contributed by atoms with Crippen LogP contribution in [-0.2, 0) is 11.3 Å². The van der Waals surface area contributed by atoms with Crippen LogP contribution in [0.25, 0.3) is 10.9 Å². The van der Waals surface area contributed by atoms with Crippen LogP contribution < -0.4 is 10.3 Å². The van der Waals surface area contributed by atoms with Crippen molar-refractivity contribution >= 4 is 58.5 Å². The van der Waals surface area contributed by atoms with Gasteiger partial charge in [-0.1, -0.05) is 0 Å². The van der Waals surface area contributed by atoms with E-state index < -0.39 is 17.2 Å². The van der Waals surface area contributed by atoms with Gasteiger partial charge >= 0.3 is 35.5 Å². The molecule has 134 valence electrons. The van der Waals surface area contributed by atoms with Crippen molar-refractivity contribution in [3.05, 3.63) is 39.9 Å². The molecule has 3 rings (SSSR count). The number of fused-ring (bicyclic) bond motifs is 1. The maximum absolute atomic E-state index is 14.6. The van der Waals surface area contributed by atoms with Crippen molar-refractivity contribution in [1.82, 2.24) is 9.47 Å². The van der Waals surface area contributed by atoms with Crippen molar-refractivity contribution in [1.29, 1.82) is 0 Å². The topological polar surface area (TPSA) is 82.8 Å². The number of anilines is 1. The Kier molecular flexibility index (Phi) is 6.44. The van der Waals surface area contributed by atoms with Gasteiger partial charge in [0, 0.05) is 44.2 Å². The molecule has 0 unspecified atom stereocenters. The van der Waals surface area contributed by atoms with Gasteiger partial charge in [-0.25, -0.2) is 9.18 Å². The number of carbonyl (C=O) groups excluding carboxylic acids is 1. The number of carboxylic acid groups (broad SMARTS) is 1. The first-order valence-corrected chi connectivity index (χ1v) is 8.01. The Morgan fingerprint density at radius 3 is 2.42 bits per heavy atom. The average Bonchev–Trinajstić information content (AvgIpc) is 2.61. The number of aromatic nitrogens is 1. The van der Waals surface area contributed by atoms with E-state index in [1.54, 1.807) is 16.7 Å². The van der Waals surface area contributed by atoms with Gasteiger partial charge in [0.15, 0.2) is 5.43 Å². The van der Waals surface area contributed by atoms with Crippen LogP contribution in [0.3, 0.4) is 0 Å². The zero-order chi connectivity index (χ0) is 18.1. The molecule has 0 radical (unpaired) electrons. The first-order valence-electron chi connectivity index (χ1n) is 8.01. The van der Waals surface area contributed by atoms with Crippen LogP contribution in [0, 0.1) is 5.82 Å². The average molecular weight is 371 g/mol. The van der Waals surface area contributed by atoms with Gasteiger partial charge in [0.2, 0.25) is 6.41 Å². The zero-order valence-corrected chi connectivity index (χ0v) is 13.7. The van der Waals surface area contributed by atoms with E-state index in [4.69, 9.17) is 0 Å². The monoisotopic (exact) mass is 371 g/mol. The van der Waals surface area contributed by atoms with Crippen molar-refractivity contribution in [2.24, 2.45) is 0 Å². The van der Waals surface area contributed by atoms with Gasteiger partial charge in [-0.05, 0) is 19.1 Å². The number of benzene rings is 1. The zero-order valence-electron chi connectivity index (χ0n) is 13.7. The van der Waals surface area contributed by atoms with Crippen LogP contribution in [0.4, 0.5) is 10.1 Å². The van der Waals surface area contributed by atoms with E-state index in [9.17, 15) is 23.9 Å². The van der Waals surface area contributed by atoms with Gasteiger partial charge < -0.3 is 19.5 Å². The second-order valence-electron chi connectivity index (χ2n) is 5.89. The Morgan fingerprint density at radius 2 is 1.88 bits per heavy atom. The summed E-state index contributed by atoms with van der Waals surface area (Å²) in [6.45, 7) is 4.00. The quantitative estimate of drug-likeness (QED) is 0.625. The molecule has 1 aliphatic rings. The molecule has 0 spiro atoms. The second-order valence-corrected chi connectivity index (χ2v) is 5.89. The SMILES string of the molecule is CCn1c(C(=O)O)cc(=O)c2cc(F)c(N3CCN(C=O)CC3)cc21.[NaH]. The number of rotatable bonds is 4. The van der Waals surface area contributed by atoms with E-state index >= 15 is 0 Å². The summed E-state index contributed by atoms with van der Waals surface area (Å²) in [6.07, 6.45) is 0.766. The van der Waals surface area contributed by atoms with Crippen LogP contribution >= 0.6 is 0 Å². The molecule has 0 saturated carbocycles. The van der Waals surface area contributed by atoms with Crippen molar-refractivity contribution in [2.45, 2.75) is 13.5 Å². The number of carboxylic acids is 1. The maximum atomic E-state index is 14.6. The van der Waals surface area contributed by atoms with E-state index in [-0.39, 0.29) is 40.6 Å². The number of amides is 1. The Hall–Kier alpha value is -1.90. The van der Waals surface area contributed by atoms with Gasteiger partial charge in [-0.3, -0.25) is 9.59 Å². The van der Waals surface area contributed by atoms with Gasteiger partial charge in [0.25, 0.3) is 0 Å². The van der Waals surface area contributed by atoms with Crippen molar-refractivity contribution in [2.75, 3.05) is 31.1 Å². The minimum atomic E-state index is -1.20. The second kappa shape index (κ2) is 8.20. The van der Waals surface area contributed by atoms with Gasteiger partial charge in [-0.2, -0.15) is 0 Å². The van der Waals surface area contributed by atoms with Gasteiger partial charge in [-0.15, -0.1) is 0 Å². The third-order valence-electron chi connectivity index (χ3n) is 4.52. The molecule has 2 heterocycles. The standard InChI is InChI=1S/C17H18FN3O4.Na.H/c1-2-21-13-8-14(20-5-3-19(10-22)4-6-20)12(18)7-11(13)16(23)9-15(21)17(24)25;;/h7-10H,2-6H2,1H3,(H,24,25);;. The summed E-state index contributed by atoms with van der Waals surface area (Å²) < 4.78 is 16.1.